The number of ether oxygens (including phenoxy) is 1. The molecule has 0 aliphatic carbocycles. The fourth-order valence-corrected chi connectivity index (χ4v) is 2.03. The van der Waals surface area contributed by atoms with Gasteiger partial charge in [0.2, 0.25) is 0 Å². The number of benzene rings is 1. The highest BCUT2D eigenvalue weighted by Gasteiger charge is 2.01. The van der Waals surface area contributed by atoms with E-state index in [4.69, 9.17) is 4.74 Å². The molecule has 1 heterocycles. The fraction of sp³-hybridized carbons (Fsp3) is 0.333. The van der Waals surface area contributed by atoms with Gasteiger partial charge in [-0.15, -0.1) is 0 Å². The average Bonchev–Trinajstić information content (AvgIpc) is 2.60. The molecular formula is C18H23N3O2. The van der Waals surface area contributed by atoms with Gasteiger partial charge in [0.05, 0.1) is 6.61 Å². The van der Waals surface area contributed by atoms with Crippen LogP contribution in [0.15, 0.2) is 48.8 Å². The minimum absolute atomic E-state index is 0.166. The van der Waals surface area contributed by atoms with Crippen LogP contribution in [-0.2, 0) is 13.0 Å². The van der Waals surface area contributed by atoms with Crippen molar-refractivity contribution in [3.8, 4) is 5.75 Å². The first-order valence-corrected chi connectivity index (χ1v) is 7.90. The van der Waals surface area contributed by atoms with E-state index in [-0.39, 0.29) is 6.03 Å². The van der Waals surface area contributed by atoms with E-state index in [1.807, 2.05) is 42.6 Å². The summed E-state index contributed by atoms with van der Waals surface area (Å²) in [6.07, 6.45) is 5.30. The quantitative estimate of drug-likeness (QED) is 0.787. The van der Waals surface area contributed by atoms with Crippen molar-refractivity contribution in [2.45, 2.75) is 26.3 Å². The summed E-state index contributed by atoms with van der Waals surface area (Å²) in [6, 6.07) is 11.5. The highest BCUT2D eigenvalue weighted by molar-refractivity contribution is 5.73. The molecule has 0 fully saturated rings. The summed E-state index contributed by atoms with van der Waals surface area (Å²) in [5.41, 5.74) is 2.15. The summed E-state index contributed by atoms with van der Waals surface area (Å²) in [6.45, 7) is 3.87. The van der Waals surface area contributed by atoms with E-state index in [1.54, 1.807) is 6.20 Å². The first-order valence-electron chi connectivity index (χ1n) is 7.90. The topological polar surface area (TPSA) is 63.2 Å². The van der Waals surface area contributed by atoms with E-state index in [9.17, 15) is 4.79 Å². The maximum atomic E-state index is 11.8. The van der Waals surface area contributed by atoms with Gasteiger partial charge in [-0.25, -0.2) is 4.79 Å². The Balaban J connectivity index is 1.65. The van der Waals surface area contributed by atoms with E-state index >= 15 is 0 Å². The van der Waals surface area contributed by atoms with Crippen LogP contribution in [0.25, 0.3) is 0 Å². The zero-order valence-electron chi connectivity index (χ0n) is 13.4. The van der Waals surface area contributed by atoms with Crippen molar-refractivity contribution in [1.82, 2.24) is 15.6 Å². The molecule has 2 rings (SSSR count). The summed E-state index contributed by atoms with van der Waals surface area (Å²) in [5, 5.41) is 5.68. The van der Waals surface area contributed by atoms with Crippen LogP contribution in [-0.4, -0.2) is 24.2 Å². The summed E-state index contributed by atoms with van der Waals surface area (Å²) in [4.78, 5) is 15.8. The van der Waals surface area contributed by atoms with Gasteiger partial charge in [-0.1, -0.05) is 25.1 Å². The Kier molecular flexibility index (Phi) is 6.91. The lowest BCUT2D eigenvalue weighted by Crippen LogP contribution is -2.36. The van der Waals surface area contributed by atoms with Crippen molar-refractivity contribution >= 4 is 6.03 Å². The third kappa shape index (κ3) is 6.38. The average molecular weight is 313 g/mol. The van der Waals surface area contributed by atoms with Crippen molar-refractivity contribution in [2.75, 3.05) is 13.2 Å². The summed E-state index contributed by atoms with van der Waals surface area (Å²) in [7, 11) is 0. The van der Waals surface area contributed by atoms with Crippen LogP contribution in [0.2, 0.25) is 0 Å². The van der Waals surface area contributed by atoms with Gasteiger partial charge >= 0.3 is 6.03 Å². The molecule has 0 aliphatic heterocycles. The summed E-state index contributed by atoms with van der Waals surface area (Å²) < 4.78 is 5.53. The molecule has 0 radical (unpaired) electrons. The SMILES string of the molecule is CCCOc1ccc(CNC(=O)NCCc2cccnc2)cc1. The molecule has 1 aromatic heterocycles. The van der Waals surface area contributed by atoms with Crippen LogP contribution >= 0.6 is 0 Å². The zero-order valence-corrected chi connectivity index (χ0v) is 13.4. The van der Waals surface area contributed by atoms with Gasteiger partial charge in [-0.2, -0.15) is 0 Å². The molecule has 23 heavy (non-hydrogen) atoms. The molecular weight excluding hydrogens is 290 g/mol. The van der Waals surface area contributed by atoms with Crippen molar-refractivity contribution in [2.24, 2.45) is 0 Å². The summed E-state index contributed by atoms with van der Waals surface area (Å²) in [5.74, 6) is 0.858. The second-order valence-electron chi connectivity index (χ2n) is 5.21. The standard InChI is InChI=1S/C18H23N3O2/c1-2-12-23-17-7-5-16(6-8-17)14-21-18(22)20-11-9-15-4-3-10-19-13-15/h3-8,10,13H,2,9,11-12,14H2,1H3,(H2,20,21,22). The number of urea groups is 1. The van der Waals surface area contributed by atoms with E-state index in [1.165, 1.54) is 0 Å². The van der Waals surface area contributed by atoms with Crippen molar-refractivity contribution in [1.29, 1.82) is 0 Å². The fourth-order valence-electron chi connectivity index (χ4n) is 2.03. The molecule has 2 amide bonds. The second-order valence-corrected chi connectivity index (χ2v) is 5.21. The van der Waals surface area contributed by atoms with Crippen LogP contribution < -0.4 is 15.4 Å². The lowest BCUT2D eigenvalue weighted by Gasteiger charge is -2.09. The van der Waals surface area contributed by atoms with Gasteiger partial charge in [0.1, 0.15) is 5.75 Å². The lowest BCUT2D eigenvalue weighted by molar-refractivity contribution is 0.240. The highest BCUT2D eigenvalue weighted by atomic mass is 16.5. The van der Waals surface area contributed by atoms with Crippen molar-refractivity contribution in [3.05, 3.63) is 59.9 Å². The van der Waals surface area contributed by atoms with Crippen molar-refractivity contribution in [3.63, 3.8) is 0 Å². The lowest BCUT2D eigenvalue weighted by atomic mass is 10.2. The van der Waals surface area contributed by atoms with Crippen molar-refractivity contribution < 1.29 is 9.53 Å². The number of rotatable bonds is 8. The highest BCUT2D eigenvalue weighted by Crippen LogP contribution is 2.12. The maximum Gasteiger partial charge on any atom is 0.315 e. The Labute approximate surface area is 137 Å². The van der Waals surface area contributed by atoms with Crippen LogP contribution in [0.3, 0.4) is 0 Å². The number of aromatic nitrogens is 1. The second kappa shape index (κ2) is 9.46. The van der Waals surface area contributed by atoms with Gasteiger partial charge < -0.3 is 15.4 Å². The minimum Gasteiger partial charge on any atom is -0.494 e. The zero-order chi connectivity index (χ0) is 16.3. The van der Waals surface area contributed by atoms with Gasteiger partial charge in [0, 0.05) is 25.5 Å². The minimum atomic E-state index is -0.166. The number of nitrogens with zero attached hydrogens (tertiary/aromatic N) is 1. The number of nitrogens with one attached hydrogen (secondary N) is 2. The van der Waals surface area contributed by atoms with Crippen LogP contribution in [0.4, 0.5) is 4.79 Å². The predicted octanol–water partition coefficient (Wildman–Crippen LogP) is 2.91. The van der Waals surface area contributed by atoms with E-state index in [0.717, 1.165) is 36.3 Å². The molecule has 0 aliphatic rings. The first kappa shape index (κ1) is 16.8. The molecule has 5 nitrogen and oxygen atoms in total. The maximum absolute atomic E-state index is 11.8. The molecule has 0 unspecified atom stereocenters. The van der Waals surface area contributed by atoms with Gasteiger partial charge in [-0.05, 0) is 42.2 Å². The number of carbonyl (C=O) groups excluding carboxylic acids is 1. The Morgan fingerprint density at radius 3 is 2.65 bits per heavy atom. The monoisotopic (exact) mass is 313 g/mol. The number of hydrogen-bond donors (Lipinski definition) is 2. The number of carbonyl (C=O) groups is 1. The Bertz CT molecular complexity index is 585. The van der Waals surface area contributed by atoms with Crippen LogP contribution in [0, 0.1) is 0 Å². The molecule has 0 saturated carbocycles. The molecule has 2 N–H and O–H groups in total. The first-order chi connectivity index (χ1) is 11.3. The molecule has 0 spiro atoms. The van der Waals surface area contributed by atoms with Crippen LogP contribution in [0.1, 0.15) is 24.5 Å². The molecule has 0 atom stereocenters. The number of pyridine rings is 1. The molecule has 2 aromatic rings. The number of amides is 2. The van der Waals surface area contributed by atoms with E-state index < -0.39 is 0 Å². The molecule has 5 heteroatoms. The third-order valence-electron chi connectivity index (χ3n) is 3.27. The number of hydrogen-bond acceptors (Lipinski definition) is 3. The normalized spacial score (nSPS) is 10.1. The summed E-state index contributed by atoms with van der Waals surface area (Å²) >= 11 is 0. The molecule has 122 valence electrons. The van der Waals surface area contributed by atoms with Gasteiger partial charge in [0.15, 0.2) is 0 Å². The molecule has 0 saturated heterocycles. The van der Waals surface area contributed by atoms with Gasteiger partial charge in [0.25, 0.3) is 0 Å². The molecule has 1 aromatic carbocycles. The van der Waals surface area contributed by atoms with Crippen LogP contribution in [0.5, 0.6) is 5.75 Å². The largest absolute Gasteiger partial charge is 0.494 e. The Morgan fingerprint density at radius 1 is 1.13 bits per heavy atom. The van der Waals surface area contributed by atoms with E-state index in [0.29, 0.717) is 13.1 Å². The Hall–Kier alpha value is -2.56. The Morgan fingerprint density at radius 2 is 1.96 bits per heavy atom. The molecule has 0 bridgehead atoms. The smallest absolute Gasteiger partial charge is 0.315 e. The predicted molar refractivity (Wildman–Crippen MR) is 90.4 cm³/mol. The third-order valence-corrected chi connectivity index (χ3v) is 3.27. The van der Waals surface area contributed by atoms with Gasteiger partial charge in [-0.3, -0.25) is 4.98 Å². The van der Waals surface area contributed by atoms with E-state index in [2.05, 4.69) is 22.5 Å².